The van der Waals surface area contributed by atoms with Gasteiger partial charge in [0, 0.05) is 31.4 Å². The number of hydrogen-bond donors (Lipinski definition) is 0. The molecule has 1 aliphatic rings. The molecular weight excluding hydrogens is 485 g/mol. The van der Waals surface area contributed by atoms with Gasteiger partial charge in [0.25, 0.3) is 5.91 Å². The van der Waals surface area contributed by atoms with Gasteiger partial charge in [-0.1, -0.05) is 36.4 Å². The smallest absolute Gasteiger partial charge is 0.254 e. The Morgan fingerprint density at radius 1 is 1.19 bits per heavy atom. The lowest BCUT2D eigenvalue weighted by molar-refractivity contribution is 0.0668. The number of nitrogens with zero attached hydrogens (tertiary/aromatic N) is 3. The Morgan fingerprint density at radius 2 is 1.94 bits per heavy atom. The first-order valence-corrected chi connectivity index (χ1v) is 13.5. The molecule has 0 spiro atoms. The highest BCUT2D eigenvalue weighted by Crippen LogP contribution is 2.23. The minimum Gasteiger partial charge on any atom is -0.383 e. The maximum absolute atomic E-state index is 14.2. The van der Waals surface area contributed by atoms with E-state index in [4.69, 9.17) is 9.47 Å². The fraction of sp³-hybridized carbons (Fsp3) is 0.385. The van der Waals surface area contributed by atoms with Gasteiger partial charge >= 0.3 is 0 Å². The number of hydrogen-bond acceptors (Lipinski definition) is 6. The SMILES string of the molecule is COCCN(Cc1cnc(S(=O)(=O)Cc2ccccc2F)n1C[C@H]1CCCO1)C(=O)c1ccccc1. The van der Waals surface area contributed by atoms with Crippen molar-refractivity contribution in [1.82, 2.24) is 14.5 Å². The van der Waals surface area contributed by atoms with E-state index in [1.807, 2.05) is 6.07 Å². The van der Waals surface area contributed by atoms with Gasteiger partial charge in [-0.25, -0.2) is 17.8 Å². The van der Waals surface area contributed by atoms with Gasteiger partial charge in [-0.05, 0) is 31.0 Å². The number of methoxy groups -OCH3 is 1. The molecule has 1 atom stereocenters. The number of benzene rings is 2. The van der Waals surface area contributed by atoms with Crippen LogP contribution in [0.15, 0.2) is 66.0 Å². The first-order chi connectivity index (χ1) is 17.4. The van der Waals surface area contributed by atoms with Crippen LogP contribution < -0.4 is 0 Å². The van der Waals surface area contributed by atoms with Crippen LogP contribution in [0, 0.1) is 5.82 Å². The number of carbonyl (C=O) groups excluding carboxylic acids is 1. The molecule has 3 aromatic rings. The van der Waals surface area contributed by atoms with E-state index >= 15 is 0 Å². The highest BCUT2D eigenvalue weighted by Gasteiger charge is 2.29. The molecule has 0 bridgehead atoms. The average molecular weight is 516 g/mol. The molecule has 0 unspecified atom stereocenters. The highest BCUT2D eigenvalue weighted by atomic mass is 32.2. The maximum Gasteiger partial charge on any atom is 0.254 e. The average Bonchev–Trinajstić information content (AvgIpc) is 3.54. The Kier molecular flexibility index (Phi) is 8.50. The zero-order chi connectivity index (χ0) is 25.5. The van der Waals surface area contributed by atoms with Gasteiger partial charge in [0.1, 0.15) is 5.82 Å². The molecule has 1 saturated heterocycles. The van der Waals surface area contributed by atoms with Crippen LogP contribution in [0.4, 0.5) is 4.39 Å². The molecule has 8 nitrogen and oxygen atoms in total. The van der Waals surface area contributed by atoms with E-state index in [-0.39, 0.29) is 35.8 Å². The summed E-state index contributed by atoms with van der Waals surface area (Å²) in [6, 6.07) is 14.7. The van der Waals surface area contributed by atoms with Crippen molar-refractivity contribution in [2.75, 3.05) is 26.9 Å². The summed E-state index contributed by atoms with van der Waals surface area (Å²) in [5.41, 5.74) is 1.15. The predicted octanol–water partition coefficient (Wildman–Crippen LogP) is 3.46. The molecule has 1 amide bonds. The largest absolute Gasteiger partial charge is 0.383 e. The number of ether oxygens (including phenoxy) is 2. The number of rotatable bonds is 11. The molecule has 192 valence electrons. The van der Waals surface area contributed by atoms with Crippen LogP contribution in [0.1, 0.15) is 34.5 Å². The fourth-order valence-electron chi connectivity index (χ4n) is 4.25. The molecule has 1 aromatic heterocycles. The molecule has 0 saturated carbocycles. The van der Waals surface area contributed by atoms with Gasteiger partial charge in [0.15, 0.2) is 0 Å². The molecule has 2 heterocycles. The minimum atomic E-state index is -3.98. The van der Waals surface area contributed by atoms with Gasteiger partial charge in [0.05, 0.1) is 43.4 Å². The number of amides is 1. The zero-order valence-corrected chi connectivity index (χ0v) is 21.0. The number of carbonyl (C=O) groups is 1. The molecule has 2 aromatic carbocycles. The Labute approximate surface area is 210 Å². The normalized spacial score (nSPS) is 15.8. The second kappa shape index (κ2) is 11.8. The molecule has 4 rings (SSSR count). The van der Waals surface area contributed by atoms with Crippen LogP contribution in [-0.2, 0) is 38.2 Å². The van der Waals surface area contributed by atoms with Crippen LogP contribution in [0.2, 0.25) is 0 Å². The van der Waals surface area contributed by atoms with E-state index in [2.05, 4.69) is 4.98 Å². The van der Waals surface area contributed by atoms with Crippen LogP contribution in [-0.4, -0.2) is 61.7 Å². The van der Waals surface area contributed by atoms with Crippen molar-refractivity contribution in [3.05, 3.63) is 83.4 Å². The summed E-state index contributed by atoms with van der Waals surface area (Å²) in [6.07, 6.45) is 2.98. The Bertz CT molecular complexity index is 1270. The highest BCUT2D eigenvalue weighted by molar-refractivity contribution is 7.90. The van der Waals surface area contributed by atoms with Crippen molar-refractivity contribution >= 4 is 15.7 Å². The zero-order valence-electron chi connectivity index (χ0n) is 20.2. The Balaban J connectivity index is 1.67. The topological polar surface area (TPSA) is 90.7 Å². The summed E-state index contributed by atoms with van der Waals surface area (Å²) in [6.45, 7) is 1.65. The van der Waals surface area contributed by atoms with Crippen molar-refractivity contribution < 1.29 is 27.1 Å². The van der Waals surface area contributed by atoms with E-state index in [9.17, 15) is 17.6 Å². The number of sulfone groups is 1. The third kappa shape index (κ3) is 6.18. The summed E-state index contributed by atoms with van der Waals surface area (Å²) in [5, 5.41) is -0.157. The van der Waals surface area contributed by atoms with Gasteiger partial charge in [-0.3, -0.25) is 4.79 Å². The molecule has 36 heavy (non-hydrogen) atoms. The predicted molar refractivity (Wildman–Crippen MR) is 132 cm³/mol. The van der Waals surface area contributed by atoms with Crippen molar-refractivity contribution in [1.29, 1.82) is 0 Å². The molecule has 1 fully saturated rings. The van der Waals surface area contributed by atoms with Crippen LogP contribution in [0.3, 0.4) is 0 Å². The quantitative estimate of drug-likeness (QED) is 0.389. The number of halogens is 1. The van der Waals surface area contributed by atoms with Gasteiger partial charge in [-0.2, -0.15) is 0 Å². The van der Waals surface area contributed by atoms with Crippen molar-refractivity contribution in [3.63, 3.8) is 0 Å². The Hall–Kier alpha value is -3.08. The summed E-state index contributed by atoms with van der Waals surface area (Å²) in [4.78, 5) is 19.1. The van der Waals surface area contributed by atoms with E-state index in [1.54, 1.807) is 46.9 Å². The van der Waals surface area contributed by atoms with Crippen LogP contribution in [0.5, 0.6) is 0 Å². The number of imidazole rings is 1. The van der Waals surface area contributed by atoms with Gasteiger partial charge in [-0.15, -0.1) is 0 Å². The number of aromatic nitrogens is 2. The third-order valence-electron chi connectivity index (χ3n) is 6.12. The Morgan fingerprint density at radius 3 is 2.64 bits per heavy atom. The summed E-state index contributed by atoms with van der Waals surface area (Å²) < 4.78 is 53.6. The second-order valence-electron chi connectivity index (χ2n) is 8.71. The van der Waals surface area contributed by atoms with E-state index in [0.29, 0.717) is 31.0 Å². The van der Waals surface area contributed by atoms with E-state index in [0.717, 1.165) is 12.8 Å². The molecule has 0 radical (unpaired) electrons. The standard InChI is InChI=1S/C26H30FN3O5S/c1-34-15-13-29(25(31)20-8-3-2-4-9-20)17-22-16-28-26(30(22)18-23-11-7-14-35-23)36(32,33)19-21-10-5-6-12-24(21)27/h2-6,8-10,12,16,23H,7,11,13-15,17-19H2,1H3/t23-/m1/s1. The van der Waals surface area contributed by atoms with E-state index < -0.39 is 21.4 Å². The lowest BCUT2D eigenvalue weighted by atomic mass is 10.2. The van der Waals surface area contributed by atoms with Crippen LogP contribution >= 0.6 is 0 Å². The first kappa shape index (κ1) is 26.0. The second-order valence-corrected chi connectivity index (χ2v) is 10.6. The summed E-state index contributed by atoms with van der Waals surface area (Å²) in [5.74, 6) is -1.30. The van der Waals surface area contributed by atoms with Gasteiger partial charge in [0.2, 0.25) is 15.0 Å². The summed E-state index contributed by atoms with van der Waals surface area (Å²) >= 11 is 0. The summed E-state index contributed by atoms with van der Waals surface area (Å²) in [7, 11) is -2.43. The molecule has 10 heteroatoms. The third-order valence-corrected chi connectivity index (χ3v) is 7.69. The van der Waals surface area contributed by atoms with Gasteiger partial charge < -0.3 is 18.9 Å². The van der Waals surface area contributed by atoms with Crippen molar-refractivity contribution in [3.8, 4) is 0 Å². The fourth-order valence-corrected chi connectivity index (χ4v) is 5.76. The minimum absolute atomic E-state index is 0.0756. The lowest BCUT2D eigenvalue weighted by Crippen LogP contribution is -2.34. The first-order valence-electron chi connectivity index (χ1n) is 11.8. The van der Waals surface area contributed by atoms with Crippen LogP contribution in [0.25, 0.3) is 0 Å². The monoisotopic (exact) mass is 515 g/mol. The van der Waals surface area contributed by atoms with Crippen molar-refractivity contribution in [2.24, 2.45) is 0 Å². The van der Waals surface area contributed by atoms with E-state index in [1.165, 1.54) is 24.4 Å². The van der Waals surface area contributed by atoms with Crippen molar-refractivity contribution in [2.45, 2.75) is 42.9 Å². The molecule has 1 aliphatic heterocycles. The molecule has 0 N–H and O–H groups in total. The maximum atomic E-state index is 14.2. The molecular formula is C26H30FN3O5S. The lowest BCUT2D eigenvalue weighted by Gasteiger charge is -2.24. The molecule has 0 aliphatic carbocycles.